The maximum absolute atomic E-state index is 12.2. The zero-order valence-corrected chi connectivity index (χ0v) is 20.0. The van der Waals surface area contributed by atoms with Gasteiger partial charge in [-0.15, -0.1) is 11.3 Å². The Hall–Kier alpha value is -4.58. The lowest BCUT2D eigenvalue weighted by Crippen LogP contribution is -2.47. The fraction of sp³-hybridized carbons (Fsp3) is 0.238. The second-order valence-electron chi connectivity index (χ2n) is 8.04. The van der Waals surface area contributed by atoms with Crippen molar-refractivity contribution in [2.75, 3.05) is 17.6 Å². The van der Waals surface area contributed by atoms with Crippen LogP contribution in [0.1, 0.15) is 16.8 Å². The molecular formula is C21H24N4O12S. The van der Waals surface area contributed by atoms with Crippen LogP contribution in [0.2, 0.25) is 0 Å². The zero-order chi connectivity index (χ0) is 28.5. The van der Waals surface area contributed by atoms with E-state index in [2.05, 4.69) is 15.6 Å². The Balaban J connectivity index is 1.75. The van der Waals surface area contributed by atoms with Crippen molar-refractivity contribution in [1.82, 2.24) is 10.3 Å². The van der Waals surface area contributed by atoms with Gasteiger partial charge >= 0.3 is 0 Å². The van der Waals surface area contributed by atoms with Gasteiger partial charge in [0.2, 0.25) is 29.1 Å². The highest BCUT2D eigenvalue weighted by Gasteiger charge is 2.32. The minimum Gasteiger partial charge on any atom is -0.504 e. The number of carbonyl (C=O) groups is 1. The highest BCUT2D eigenvalue weighted by atomic mass is 32.1. The van der Waals surface area contributed by atoms with E-state index < -0.39 is 99.8 Å². The van der Waals surface area contributed by atoms with Crippen molar-refractivity contribution in [2.45, 2.75) is 25.2 Å². The minimum atomic E-state index is -2.95. The Morgan fingerprint density at radius 3 is 1.82 bits per heavy atom. The second-order valence-corrected chi connectivity index (χ2v) is 8.93. The fourth-order valence-electron chi connectivity index (χ4n) is 3.45. The molecule has 0 radical (unpaired) electrons. The number of aromatic nitrogens is 1. The van der Waals surface area contributed by atoms with Gasteiger partial charge in [-0.05, 0) is 6.42 Å². The quantitative estimate of drug-likeness (QED) is 0.0877. The fourth-order valence-corrected chi connectivity index (χ4v) is 4.02. The molecule has 17 heteroatoms. The summed E-state index contributed by atoms with van der Waals surface area (Å²) in [7, 11) is 0. The zero-order valence-electron chi connectivity index (χ0n) is 19.2. The number of hydrogen-bond acceptors (Lipinski definition) is 16. The van der Waals surface area contributed by atoms with Gasteiger partial charge in [-0.2, -0.15) is 0 Å². The number of aliphatic hydroxyl groups is 2. The Labute approximate surface area is 216 Å². The van der Waals surface area contributed by atoms with E-state index in [0.717, 1.165) is 11.3 Å². The van der Waals surface area contributed by atoms with Crippen LogP contribution in [0.3, 0.4) is 0 Å². The van der Waals surface area contributed by atoms with Gasteiger partial charge in [0.05, 0.1) is 17.7 Å². The number of nitrogens with two attached hydrogens (primary N) is 1. The third-order valence-electron chi connectivity index (χ3n) is 5.34. The summed E-state index contributed by atoms with van der Waals surface area (Å²) in [6, 6.07) is 0. The first kappa shape index (κ1) is 28.0. The van der Waals surface area contributed by atoms with Gasteiger partial charge in [-0.1, -0.05) is 0 Å². The molecule has 1 heterocycles. The van der Waals surface area contributed by atoms with Crippen LogP contribution in [-0.2, 0) is 24.1 Å². The first-order chi connectivity index (χ1) is 17.6. The summed E-state index contributed by atoms with van der Waals surface area (Å²) in [6.45, 7) is -0.480. The average molecular weight is 557 g/mol. The van der Waals surface area contributed by atoms with E-state index in [1.54, 1.807) is 0 Å². The van der Waals surface area contributed by atoms with E-state index in [0.29, 0.717) is 0 Å². The number of thiazole rings is 1. The van der Waals surface area contributed by atoms with E-state index in [-0.39, 0.29) is 17.2 Å². The number of nitrogens with zero attached hydrogens (tertiary/aromatic N) is 1. The summed E-state index contributed by atoms with van der Waals surface area (Å²) in [5, 5.41) is 116. The number of nitrogen functional groups attached to an aromatic ring is 1. The van der Waals surface area contributed by atoms with Crippen LogP contribution in [0.15, 0.2) is 5.38 Å². The molecule has 38 heavy (non-hydrogen) atoms. The van der Waals surface area contributed by atoms with Gasteiger partial charge in [0.1, 0.15) is 5.69 Å². The van der Waals surface area contributed by atoms with E-state index in [9.17, 15) is 61.0 Å². The molecule has 3 aromatic rings. The molecule has 0 aliphatic heterocycles. The lowest BCUT2D eigenvalue weighted by molar-refractivity contribution is -0.183. The number of rotatable bonds is 9. The van der Waals surface area contributed by atoms with Crippen LogP contribution < -0.4 is 16.4 Å². The van der Waals surface area contributed by atoms with Gasteiger partial charge in [0.15, 0.2) is 39.6 Å². The molecule has 0 fully saturated rings. The van der Waals surface area contributed by atoms with Crippen LogP contribution in [0.5, 0.6) is 51.7 Å². The van der Waals surface area contributed by atoms with Crippen LogP contribution >= 0.6 is 11.3 Å². The standard InChI is InChI=1S/C21H24N4O12S/c22-20-24-6(5-38-20)3-9(26)25-10-15(31)13(29)8(14(30)16(10)32)4-21(36,37)23-2-1-7-11(27)17(33)19(35)18(34)12(7)28/h5,23,27-37H,1-4H2,(H2,22,24)(H,25,26). The Morgan fingerprint density at radius 1 is 0.816 bits per heavy atom. The molecule has 0 saturated carbocycles. The molecule has 0 unspecified atom stereocenters. The third-order valence-corrected chi connectivity index (χ3v) is 6.07. The predicted molar refractivity (Wildman–Crippen MR) is 129 cm³/mol. The number of hydrogen-bond donors (Lipinski definition) is 14. The number of amides is 1. The maximum atomic E-state index is 12.2. The lowest BCUT2D eigenvalue weighted by atomic mass is 10.0. The van der Waals surface area contributed by atoms with Gasteiger partial charge in [0.25, 0.3) is 0 Å². The van der Waals surface area contributed by atoms with E-state index in [1.807, 2.05) is 0 Å². The lowest BCUT2D eigenvalue weighted by Gasteiger charge is -2.25. The second kappa shape index (κ2) is 10.4. The Kier molecular flexibility index (Phi) is 7.68. The van der Waals surface area contributed by atoms with Crippen molar-refractivity contribution in [3.05, 3.63) is 22.2 Å². The maximum Gasteiger partial charge on any atom is 0.230 e. The topological polar surface area (TPSA) is 303 Å². The molecule has 1 amide bonds. The van der Waals surface area contributed by atoms with Crippen LogP contribution in [-0.4, -0.2) is 79.5 Å². The molecule has 16 nitrogen and oxygen atoms in total. The number of nitrogens with one attached hydrogen (secondary N) is 2. The molecule has 2 aromatic carbocycles. The van der Waals surface area contributed by atoms with Gasteiger partial charge in [-0.3, -0.25) is 10.1 Å². The third kappa shape index (κ3) is 5.54. The highest BCUT2D eigenvalue weighted by molar-refractivity contribution is 7.13. The molecule has 3 rings (SSSR count). The molecular weight excluding hydrogens is 532 g/mol. The van der Waals surface area contributed by atoms with E-state index >= 15 is 0 Å². The van der Waals surface area contributed by atoms with E-state index in [4.69, 9.17) is 5.73 Å². The molecule has 15 N–H and O–H groups in total. The van der Waals surface area contributed by atoms with Crippen molar-refractivity contribution in [3.63, 3.8) is 0 Å². The van der Waals surface area contributed by atoms with Crippen LogP contribution in [0, 0.1) is 0 Å². The molecule has 1 aromatic heterocycles. The number of benzene rings is 2. The number of phenolic OH excluding ortho intramolecular Hbond substituents is 9. The SMILES string of the molecule is Nc1nc(CC(=O)Nc2c(O)c(O)c(CC(O)(O)NCCc3c(O)c(O)c(O)c(O)c3O)c(O)c2O)cs1. The number of carbonyl (C=O) groups excluding carboxylic acids is 1. The normalized spacial score (nSPS) is 11.5. The number of anilines is 2. The minimum absolute atomic E-state index is 0.205. The summed E-state index contributed by atoms with van der Waals surface area (Å²) in [6.07, 6.45) is -1.83. The van der Waals surface area contributed by atoms with Crippen LogP contribution in [0.4, 0.5) is 10.8 Å². The van der Waals surface area contributed by atoms with Gasteiger partial charge in [-0.25, -0.2) is 4.98 Å². The summed E-state index contributed by atoms with van der Waals surface area (Å²) in [5.41, 5.74) is 3.79. The summed E-state index contributed by atoms with van der Waals surface area (Å²) >= 11 is 1.08. The van der Waals surface area contributed by atoms with Crippen molar-refractivity contribution in [1.29, 1.82) is 0 Å². The first-order valence-electron chi connectivity index (χ1n) is 10.5. The van der Waals surface area contributed by atoms with Gasteiger partial charge in [0, 0.05) is 23.9 Å². The largest absolute Gasteiger partial charge is 0.504 e. The Bertz CT molecular complexity index is 1330. The van der Waals surface area contributed by atoms with Crippen molar-refractivity contribution in [2.24, 2.45) is 0 Å². The van der Waals surface area contributed by atoms with Crippen molar-refractivity contribution >= 4 is 28.1 Å². The molecule has 0 spiro atoms. The van der Waals surface area contributed by atoms with Crippen LogP contribution in [0.25, 0.3) is 0 Å². The molecule has 0 aliphatic carbocycles. The first-order valence-corrected chi connectivity index (χ1v) is 11.4. The van der Waals surface area contributed by atoms with Crippen molar-refractivity contribution in [3.8, 4) is 51.7 Å². The Morgan fingerprint density at radius 2 is 1.32 bits per heavy atom. The van der Waals surface area contributed by atoms with E-state index in [1.165, 1.54) is 5.38 Å². The predicted octanol–water partition coefficient (Wildman–Crippen LogP) is -0.730. The average Bonchev–Trinajstić information content (AvgIpc) is 3.27. The molecule has 0 atom stereocenters. The summed E-state index contributed by atoms with van der Waals surface area (Å²) < 4.78 is 0. The number of aromatic hydroxyl groups is 9. The van der Waals surface area contributed by atoms with Gasteiger partial charge < -0.3 is 67.2 Å². The molecule has 0 bridgehead atoms. The number of phenols is 9. The highest BCUT2D eigenvalue weighted by Crippen LogP contribution is 2.52. The summed E-state index contributed by atoms with van der Waals surface area (Å²) in [4.78, 5) is 16.1. The monoisotopic (exact) mass is 556 g/mol. The molecule has 0 saturated heterocycles. The smallest absolute Gasteiger partial charge is 0.230 e. The van der Waals surface area contributed by atoms with Crippen molar-refractivity contribution < 1.29 is 61.0 Å². The summed E-state index contributed by atoms with van der Waals surface area (Å²) in [5.74, 6) is -13.5. The molecule has 206 valence electrons. The molecule has 0 aliphatic rings.